The molecule has 1 saturated heterocycles. The van der Waals surface area contributed by atoms with Crippen LogP contribution >= 0.6 is 0 Å². The van der Waals surface area contributed by atoms with Crippen molar-refractivity contribution in [2.24, 2.45) is 0 Å². The maximum Gasteiger partial charge on any atom is 0.338 e. The fourth-order valence-electron chi connectivity index (χ4n) is 2.13. The molecule has 0 aromatic heterocycles. The highest BCUT2D eigenvalue weighted by atomic mass is 16.6. The van der Waals surface area contributed by atoms with Gasteiger partial charge in [-0.3, -0.25) is 4.79 Å². The number of ether oxygens (including phenoxy) is 2. The predicted molar refractivity (Wildman–Crippen MR) is 60.3 cm³/mol. The summed E-state index contributed by atoms with van der Waals surface area (Å²) in [6.07, 6.45) is 3.86. The Morgan fingerprint density at radius 1 is 1.29 bits per heavy atom. The number of amides is 1. The lowest BCUT2D eigenvalue weighted by atomic mass is 10.2. The lowest BCUT2D eigenvalue weighted by molar-refractivity contribution is -0.145. The number of esters is 1. The van der Waals surface area contributed by atoms with Crippen LogP contribution in [0.15, 0.2) is 0 Å². The van der Waals surface area contributed by atoms with Crippen molar-refractivity contribution in [3.8, 4) is 0 Å². The summed E-state index contributed by atoms with van der Waals surface area (Å²) in [4.78, 5) is 23.1. The molecule has 0 radical (unpaired) electrons. The molecule has 1 N–H and O–H groups in total. The van der Waals surface area contributed by atoms with E-state index in [1.165, 1.54) is 12.8 Å². The van der Waals surface area contributed by atoms with Crippen LogP contribution < -0.4 is 5.32 Å². The van der Waals surface area contributed by atoms with Gasteiger partial charge in [0.05, 0.1) is 6.61 Å². The zero-order valence-electron chi connectivity index (χ0n) is 10.1. The molecule has 0 aromatic carbocycles. The summed E-state index contributed by atoms with van der Waals surface area (Å²) < 4.78 is 9.98. The SMILES string of the molecule is CCCOC(=O)C1OC1C(=O)NC1CCCC1. The van der Waals surface area contributed by atoms with E-state index in [9.17, 15) is 9.59 Å². The lowest BCUT2D eigenvalue weighted by Gasteiger charge is -2.09. The Bertz CT molecular complexity index is 299. The molecule has 2 rings (SSSR count). The van der Waals surface area contributed by atoms with E-state index in [0.717, 1.165) is 19.3 Å². The van der Waals surface area contributed by atoms with Gasteiger partial charge in [0.1, 0.15) is 0 Å². The molecule has 2 aliphatic rings. The quantitative estimate of drug-likeness (QED) is 0.570. The van der Waals surface area contributed by atoms with E-state index in [1.807, 2.05) is 6.92 Å². The van der Waals surface area contributed by atoms with Gasteiger partial charge in [0.15, 0.2) is 12.2 Å². The summed E-state index contributed by atoms with van der Waals surface area (Å²) in [5, 5.41) is 2.91. The molecule has 5 heteroatoms. The van der Waals surface area contributed by atoms with Crippen molar-refractivity contribution < 1.29 is 19.1 Å². The maximum atomic E-state index is 11.7. The molecule has 1 saturated carbocycles. The van der Waals surface area contributed by atoms with Crippen LogP contribution in [0.1, 0.15) is 39.0 Å². The highest BCUT2D eigenvalue weighted by Crippen LogP contribution is 2.25. The van der Waals surface area contributed by atoms with Crippen LogP contribution in [0.4, 0.5) is 0 Å². The zero-order chi connectivity index (χ0) is 12.3. The first-order chi connectivity index (χ1) is 8.22. The Hall–Kier alpha value is -1.10. The van der Waals surface area contributed by atoms with E-state index in [2.05, 4.69) is 5.32 Å². The summed E-state index contributed by atoms with van der Waals surface area (Å²) in [6, 6.07) is 0.263. The van der Waals surface area contributed by atoms with E-state index in [1.54, 1.807) is 0 Å². The van der Waals surface area contributed by atoms with Gasteiger partial charge in [-0.1, -0.05) is 19.8 Å². The van der Waals surface area contributed by atoms with E-state index in [0.29, 0.717) is 6.61 Å². The molecule has 0 spiro atoms. The van der Waals surface area contributed by atoms with Gasteiger partial charge in [0.25, 0.3) is 5.91 Å². The third kappa shape index (κ3) is 3.19. The van der Waals surface area contributed by atoms with Gasteiger partial charge in [-0.2, -0.15) is 0 Å². The Labute approximate surface area is 101 Å². The van der Waals surface area contributed by atoms with Crippen LogP contribution in [0.3, 0.4) is 0 Å². The summed E-state index contributed by atoms with van der Waals surface area (Å²) in [6.45, 7) is 2.31. The monoisotopic (exact) mass is 241 g/mol. The third-order valence-electron chi connectivity index (χ3n) is 3.13. The maximum absolute atomic E-state index is 11.7. The molecule has 96 valence electrons. The van der Waals surface area contributed by atoms with Gasteiger partial charge in [-0.25, -0.2) is 4.79 Å². The molecule has 1 amide bonds. The van der Waals surface area contributed by atoms with Crippen molar-refractivity contribution in [2.45, 2.75) is 57.3 Å². The van der Waals surface area contributed by atoms with E-state index in [-0.39, 0.29) is 11.9 Å². The molecule has 0 aromatic rings. The summed E-state index contributed by atoms with van der Waals surface area (Å²) >= 11 is 0. The summed E-state index contributed by atoms with van der Waals surface area (Å²) in [5.74, 6) is -0.589. The summed E-state index contributed by atoms with van der Waals surface area (Å²) in [5.41, 5.74) is 0. The van der Waals surface area contributed by atoms with Crippen molar-refractivity contribution in [3.05, 3.63) is 0 Å². The van der Waals surface area contributed by atoms with Crippen molar-refractivity contribution >= 4 is 11.9 Å². The van der Waals surface area contributed by atoms with Crippen LogP contribution in [-0.4, -0.2) is 36.7 Å². The molecular formula is C12H19NO4. The van der Waals surface area contributed by atoms with Gasteiger partial charge < -0.3 is 14.8 Å². The van der Waals surface area contributed by atoms with Crippen molar-refractivity contribution in [3.63, 3.8) is 0 Å². The van der Waals surface area contributed by atoms with Gasteiger partial charge in [-0.15, -0.1) is 0 Å². The first kappa shape index (κ1) is 12.4. The molecule has 2 unspecified atom stereocenters. The first-order valence-electron chi connectivity index (χ1n) is 6.35. The number of hydrogen-bond acceptors (Lipinski definition) is 4. The van der Waals surface area contributed by atoms with Crippen LogP contribution in [-0.2, 0) is 19.1 Å². The highest BCUT2D eigenvalue weighted by molar-refractivity contribution is 5.92. The van der Waals surface area contributed by atoms with Crippen molar-refractivity contribution in [2.75, 3.05) is 6.61 Å². The van der Waals surface area contributed by atoms with Crippen LogP contribution in [0, 0.1) is 0 Å². The first-order valence-corrected chi connectivity index (χ1v) is 6.35. The molecule has 2 atom stereocenters. The van der Waals surface area contributed by atoms with E-state index >= 15 is 0 Å². The Kier molecular flexibility index (Phi) is 3.99. The van der Waals surface area contributed by atoms with Gasteiger partial charge in [-0.05, 0) is 19.3 Å². The second-order valence-electron chi connectivity index (χ2n) is 4.63. The number of carbonyl (C=O) groups excluding carboxylic acids is 2. The second kappa shape index (κ2) is 5.49. The number of hydrogen-bond donors (Lipinski definition) is 1. The van der Waals surface area contributed by atoms with Gasteiger partial charge >= 0.3 is 5.97 Å². The fraction of sp³-hybridized carbons (Fsp3) is 0.833. The molecule has 2 fully saturated rings. The largest absolute Gasteiger partial charge is 0.464 e. The molecule has 1 aliphatic carbocycles. The molecule has 1 aliphatic heterocycles. The van der Waals surface area contributed by atoms with E-state index in [4.69, 9.17) is 9.47 Å². The number of rotatable bonds is 5. The second-order valence-corrected chi connectivity index (χ2v) is 4.63. The van der Waals surface area contributed by atoms with Crippen LogP contribution in [0.2, 0.25) is 0 Å². The lowest BCUT2D eigenvalue weighted by Crippen LogP contribution is -2.37. The Balaban J connectivity index is 1.70. The molecule has 17 heavy (non-hydrogen) atoms. The van der Waals surface area contributed by atoms with Crippen LogP contribution in [0.5, 0.6) is 0 Å². The highest BCUT2D eigenvalue weighted by Gasteiger charge is 2.51. The van der Waals surface area contributed by atoms with E-state index < -0.39 is 18.2 Å². The smallest absolute Gasteiger partial charge is 0.338 e. The average molecular weight is 241 g/mol. The van der Waals surface area contributed by atoms with Gasteiger partial charge in [0, 0.05) is 6.04 Å². The number of epoxide rings is 1. The fourth-order valence-corrected chi connectivity index (χ4v) is 2.13. The number of carbonyl (C=O) groups is 2. The standard InChI is InChI=1S/C12H19NO4/c1-2-7-16-12(15)10-9(17-10)11(14)13-8-5-3-4-6-8/h8-10H,2-7H2,1H3,(H,13,14). The Morgan fingerprint density at radius 3 is 2.65 bits per heavy atom. The van der Waals surface area contributed by atoms with Crippen molar-refractivity contribution in [1.29, 1.82) is 0 Å². The Morgan fingerprint density at radius 2 is 2.00 bits per heavy atom. The third-order valence-corrected chi connectivity index (χ3v) is 3.13. The summed E-state index contributed by atoms with van der Waals surface area (Å²) in [7, 11) is 0. The van der Waals surface area contributed by atoms with Gasteiger partial charge in [0.2, 0.25) is 0 Å². The predicted octanol–water partition coefficient (Wildman–Crippen LogP) is 0.766. The minimum absolute atomic E-state index is 0.171. The number of nitrogens with one attached hydrogen (secondary N) is 1. The minimum atomic E-state index is -0.678. The molecular weight excluding hydrogens is 222 g/mol. The topological polar surface area (TPSA) is 67.9 Å². The molecule has 5 nitrogen and oxygen atoms in total. The normalized spacial score (nSPS) is 27.8. The van der Waals surface area contributed by atoms with Crippen LogP contribution in [0.25, 0.3) is 0 Å². The average Bonchev–Trinajstić information content (AvgIpc) is 2.98. The van der Waals surface area contributed by atoms with Crippen molar-refractivity contribution in [1.82, 2.24) is 5.32 Å². The molecule has 1 heterocycles. The minimum Gasteiger partial charge on any atom is -0.464 e. The molecule has 0 bridgehead atoms. The zero-order valence-corrected chi connectivity index (χ0v) is 10.1.